The second-order valence-corrected chi connectivity index (χ2v) is 6.98. The first-order valence-electron chi connectivity index (χ1n) is 7.84. The molecule has 7 nitrogen and oxygen atoms in total. The molecule has 10 heteroatoms. The highest BCUT2D eigenvalue weighted by Gasteiger charge is 2.31. The lowest BCUT2D eigenvalue weighted by molar-refractivity contribution is -0.126. The lowest BCUT2D eigenvalue weighted by Gasteiger charge is -2.26. The highest BCUT2D eigenvalue weighted by atomic mass is 35.5. The maximum atomic E-state index is 13.5. The molecule has 1 aliphatic heterocycles. The molecular formula is C17H15ClFN5O2S. The molecule has 0 saturated carbocycles. The molecule has 3 rings (SSSR count). The Kier molecular flexibility index (Phi) is 5.52. The summed E-state index contributed by atoms with van der Waals surface area (Å²) in [5.74, 6) is -0.994. The van der Waals surface area contributed by atoms with Gasteiger partial charge in [-0.3, -0.25) is 25.4 Å². The minimum absolute atomic E-state index is 0.141. The maximum Gasteiger partial charge on any atom is 0.269 e. The first-order chi connectivity index (χ1) is 12.9. The molecule has 3 N–H and O–H groups in total. The number of thiazole rings is 1. The van der Waals surface area contributed by atoms with Gasteiger partial charge in [-0.05, 0) is 19.1 Å². The summed E-state index contributed by atoms with van der Waals surface area (Å²) in [5.41, 5.74) is 5.80. The molecule has 2 heterocycles. The molecule has 2 aromatic rings. The quantitative estimate of drug-likeness (QED) is 0.681. The van der Waals surface area contributed by atoms with Gasteiger partial charge in [-0.2, -0.15) is 0 Å². The standard InChI is InChI=1S/C17H15ClFN5O2S/c1-8-13(16(26)24-23-9(2)25)14(11-4-3-10(19)7-12(11)18)22-15(21-8)17-20-5-6-27-17/h3-7,14H,1-2H3,(H,21,22)(H,23,25)(H,24,26). The number of hydrazine groups is 1. The third kappa shape index (κ3) is 4.15. The van der Waals surface area contributed by atoms with Gasteiger partial charge in [0.1, 0.15) is 11.9 Å². The molecule has 0 aliphatic carbocycles. The van der Waals surface area contributed by atoms with E-state index in [0.29, 0.717) is 22.1 Å². The smallest absolute Gasteiger partial charge is 0.269 e. The molecule has 140 valence electrons. The van der Waals surface area contributed by atoms with Gasteiger partial charge in [-0.1, -0.05) is 17.7 Å². The molecule has 1 atom stereocenters. The summed E-state index contributed by atoms with van der Waals surface area (Å²) < 4.78 is 13.5. The zero-order chi connectivity index (χ0) is 19.6. The molecule has 1 unspecified atom stereocenters. The fourth-order valence-corrected chi connectivity index (χ4v) is 3.44. The van der Waals surface area contributed by atoms with Crippen LogP contribution < -0.4 is 16.2 Å². The van der Waals surface area contributed by atoms with Gasteiger partial charge in [0.2, 0.25) is 5.91 Å². The van der Waals surface area contributed by atoms with Crippen molar-refractivity contribution in [2.24, 2.45) is 4.99 Å². The summed E-state index contributed by atoms with van der Waals surface area (Å²) in [7, 11) is 0. The summed E-state index contributed by atoms with van der Waals surface area (Å²) in [6.07, 6.45) is 1.64. The average molecular weight is 408 g/mol. The van der Waals surface area contributed by atoms with E-state index in [9.17, 15) is 14.0 Å². The molecular weight excluding hydrogens is 393 g/mol. The van der Waals surface area contributed by atoms with Crippen LogP contribution in [0.5, 0.6) is 0 Å². The molecule has 2 amide bonds. The van der Waals surface area contributed by atoms with Crippen molar-refractivity contribution in [2.45, 2.75) is 19.9 Å². The molecule has 0 spiro atoms. The Balaban J connectivity index is 2.06. The molecule has 0 fully saturated rings. The first-order valence-corrected chi connectivity index (χ1v) is 9.10. The van der Waals surface area contributed by atoms with Crippen LogP contribution in [0.25, 0.3) is 0 Å². The third-order valence-corrected chi connectivity index (χ3v) is 4.84. The minimum Gasteiger partial charge on any atom is -0.341 e. The fourth-order valence-electron chi connectivity index (χ4n) is 2.58. The van der Waals surface area contributed by atoms with Crippen molar-refractivity contribution >= 4 is 40.6 Å². The highest BCUT2D eigenvalue weighted by Crippen LogP contribution is 2.35. The van der Waals surface area contributed by atoms with Gasteiger partial charge in [0.25, 0.3) is 5.91 Å². The van der Waals surface area contributed by atoms with Gasteiger partial charge in [0.05, 0.1) is 5.57 Å². The summed E-state index contributed by atoms with van der Waals surface area (Å²) in [4.78, 5) is 32.6. The number of amidine groups is 1. The molecule has 27 heavy (non-hydrogen) atoms. The molecule has 0 saturated heterocycles. The van der Waals surface area contributed by atoms with E-state index >= 15 is 0 Å². The highest BCUT2D eigenvalue weighted by molar-refractivity contribution is 7.11. The topological polar surface area (TPSA) is 95.5 Å². The van der Waals surface area contributed by atoms with Crippen molar-refractivity contribution in [3.8, 4) is 0 Å². The number of hydrogen-bond acceptors (Lipinski definition) is 6. The summed E-state index contributed by atoms with van der Waals surface area (Å²) >= 11 is 7.60. The number of benzene rings is 1. The molecule has 0 bridgehead atoms. The van der Waals surface area contributed by atoms with E-state index < -0.39 is 23.7 Å². The predicted molar refractivity (Wildman–Crippen MR) is 101 cm³/mol. The van der Waals surface area contributed by atoms with E-state index in [-0.39, 0.29) is 10.6 Å². The number of nitrogens with one attached hydrogen (secondary N) is 3. The number of allylic oxidation sites excluding steroid dienone is 1. The van der Waals surface area contributed by atoms with Crippen molar-refractivity contribution in [3.63, 3.8) is 0 Å². The van der Waals surface area contributed by atoms with E-state index in [0.717, 1.165) is 6.07 Å². The van der Waals surface area contributed by atoms with E-state index in [1.54, 1.807) is 18.5 Å². The Hall–Kier alpha value is -2.78. The first kappa shape index (κ1) is 19.0. The van der Waals surface area contributed by atoms with Crippen LogP contribution in [0.1, 0.15) is 30.5 Å². The molecule has 1 aromatic carbocycles. The second-order valence-electron chi connectivity index (χ2n) is 5.68. The van der Waals surface area contributed by atoms with Crippen molar-refractivity contribution in [3.05, 3.63) is 62.5 Å². The number of nitrogens with zero attached hydrogens (tertiary/aromatic N) is 2. The molecule has 0 radical (unpaired) electrons. The number of carbonyl (C=O) groups is 2. The third-order valence-electron chi connectivity index (χ3n) is 3.73. The number of amides is 2. The van der Waals surface area contributed by atoms with Gasteiger partial charge in [0, 0.05) is 34.8 Å². The van der Waals surface area contributed by atoms with Gasteiger partial charge in [-0.25, -0.2) is 9.37 Å². The van der Waals surface area contributed by atoms with Crippen molar-refractivity contribution in [1.29, 1.82) is 0 Å². The van der Waals surface area contributed by atoms with Crippen LogP contribution in [0, 0.1) is 5.82 Å². The van der Waals surface area contributed by atoms with Crippen molar-refractivity contribution < 1.29 is 14.0 Å². The van der Waals surface area contributed by atoms with Crippen LogP contribution >= 0.6 is 22.9 Å². The van der Waals surface area contributed by atoms with E-state index in [1.807, 2.05) is 0 Å². The van der Waals surface area contributed by atoms with Crippen LogP contribution in [0.4, 0.5) is 4.39 Å². The monoisotopic (exact) mass is 407 g/mol. The zero-order valence-corrected chi connectivity index (χ0v) is 15.9. The number of aliphatic imine (C=N–C) groups is 1. The summed E-state index contributed by atoms with van der Waals surface area (Å²) in [5, 5.41) is 5.64. The van der Waals surface area contributed by atoms with E-state index in [1.165, 1.54) is 30.4 Å². The Morgan fingerprint density at radius 1 is 1.33 bits per heavy atom. The fraction of sp³-hybridized carbons (Fsp3) is 0.176. The normalized spacial score (nSPS) is 16.4. The van der Waals surface area contributed by atoms with Gasteiger partial charge >= 0.3 is 0 Å². The Morgan fingerprint density at radius 3 is 2.74 bits per heavy atom. The Labute approximate surface area is 163 Å². The lowest BCUT2D eigenvalue weighted by atomic mass is 9.95. The predicted octanol–water partition coefficient (Wildman–Crippen LogP) is 2.47. The zero-order valence-electron chi connectivity index (χ0n) is 14.3. The van der Waals surface area contributed by atoms with Crippen molar-refractivity contribution in [2.75, 3.05) is 0 Å². The van der Waals surface area contributed by atoms with Gasteiger partial charge < -0.3 is 5.32 Å². The Bertz CT molecular complexity index is 958. The SMILES string of the molecule is CC(=O)NNC(=O)C1=C(C)NC(c2nccs2)=NC1c1ccc(F)cc1Cl. The number of carbonyl (C=O) groups excluding carboxylic acids is 2. The van der Waals surface area contributed by atoms with Gasteiger partial charge in [0.15, 0.2) is 10.8 Å². The molecule has 1 aromatic heterocycles. The lowest BCUT2D eigenvalue weighted by Crippen LogP contribution is -2.44. The van der Waals surface area contributed by atoms with Crippen LogP contribution in [0.2, 0.25) is 5.02 Å². The average Bonchev–Trinajstić information content (AvgIpc) is 3.13. The van der Waals surface area contributed by atoms with E-state index in [2.05, 4.69) is 26.1 Å². The minimum atomic E-state index is -0.799. The molecule has 1 aliphatic rings. The second kappa shape index (κ2) is 7.85. The maximum absolute atomic E-state index is 13.5. The number of aromatic nitrogens is 1. The number of halogens is 2. The van der Waals surface area contributed by atoms with Crippen molar-refractivity contribution in [1.82, 2.24) is 21.2 Å². The summed E-state index contributed by atoms with van der Waals surface area (Å²) in [6.45, 7) is 2.98. The van der Waals surface area contributed by atoms with Crippen LogP contribution in [-0.2, 0) is 9.59 Å². The summed E-state index contributed by atoms with van der Waals surface area (Å²) in [6, 6.07) is 3.10. The van der Waals surface area contributed by atoms with Crippen LogP contribution in [0.3, 0.4) is 0 Å². The Morgan fingerprint density at radius 2 is 2.11 bits per heavy atom. The van der Waals surface area contributed by atoms with Crippen LogP contribution in [0.15, 0.2) is 46.0 Å². The van der Waals surface area contributed by atoms with Gasteiger partial charge in [-0.15, -0.1) is 11.3 Å². The largest absolute Gasteiger partial charge is 0.341 e. The van der Waals surface area contributed by atoms with Crippen LogP contribution in [-0.4, -0.2) is 22.6 Å². The number of hydrogen-bond donors (Lipinski definition) is 3. The van der Waals surface area contributed by atoms with E-state index in [4.69, 9.17) is 11.6 Å². The number of rotatable bonds is 3.